The smallest absolute Gasteiger partial charge is 0.315 e. The third-order valence-electron chi connectivity index (χ3n) is 6.22. The largest absolute Gasteiger partial charge is 0.387 e. The van der Waals surface area contributed by atoms with Crippen molar-refractivity contribution in [2.45, 2.75) is 24.0 Å². The fourth-order valence-electron chi connectivity index (χ4n) is 4.87. The van der Waals surface area contributed by atoms with Gasteiger partial charge in [-0.3, -0.25) is 18.9 Å². The highest BCUT2D eigenvalue weighted by atomic mass is 16.3. The molecule has 0 radical (unpaired) electrons. The Morgan fingerprint density at radius 3 is 2.83 bits per heavy atom. The normalized spacial score (nSPS) is 25.8. The van der Waals surface area contributed by atoms with Crippen LogP contribution < -0.4 is 16.2 Å². The molecule has 2 aromatic rings. The standard InChI is InChI=1S/C20H24N6O4/c27-16(14-8-21-15-4-1-2-7-26(15)17(14)28)25-6-3-5-20(30,13-25)12-24-10-19(11-24)9-22-18(29)23-19/h1-2,4,7-8,30H,3,5-6,9-13H2,(H2,22,23,29). The van der Waals surface area contributed by atoms with Gasteiger partial charge in [0, 0.05) is 45.1 Å². The first-order chi connectivity index (χ1) is 14.4. The summed E-state index contributed by atoms with van der Waals surface area (Å²) in [5, 5.41) is 16.9. The Bertz CT molecular complexity index is 1080. The van der Waals surface area contributed by atoms with E-state index < -0.39 is 17.1 Å². The van der Waals surface area contributed by atoms with Crippen molar-refractivity contribution in [2.24, 2.45) is 0 Å². The van der Waals surface area contributed by atoms with Gasteiger partial charge in [0.1, 0.15) is 11.2 Å². The maximum atomic E-state index is 13.1. The zero-order chi connectivity index (χ0) is 20.9. The second kappa shape index (κ2) is 6.78. The number of urea groups is 1. The minimum atomic E-state index is -1.05. The Hall–Kier alpha value is -2.98. The van der Waals surface area contributed by atoms with Crippen LogP contribution in [0.4, 0.5) is 4.79 Å². The van der Waals surface area contributed by atoms with Crippen LogP contribution in [0.15, 0.2) is 35.4 Å². The molecule has 3 amide bonds. The average molecular weight is 412 g/mol. The van der Waals surface area contributed by atoms with Crippen LogP contribution in [-0.2, 0) is 0 Å². The predicted octanol–water partition coefficient (Wildman–Crippen LogP) is -0.971. The van der Waals surface area contributed by atoms with Gasteiger partial charge in [0.25, 0.3) is 11.5 Å². The van der Waals surface area contributed by atoms with E-state index in [9.17, 15) is 19.5 Å². The SMILES string of the molecule is O=C1NCC2(CN(CC3(O)CCCN(C(=O)c4cnc5ccccn5c4=O)C3)C2)N1. The van der Waals surface area contributed by atoms with Gasteiger partial charge in [0.15, 0.2) is 0 Å². The van der Waals surface area contributed by atoms with Gasteiger partial charge in [-0.25, -0.2) is 9.78 Å². The van der Waals surface area contributed by atoms with E-state index >= 15 is 0 Å². The first-order valence-corrected chi connectivity index (χ1v) is 10.1. The summed E-state index contributed by atoms with van der Waals surface area (Å²) in [5.74, 6) is -0.406. The molecule has 3 N–H and O–H groups in total. The van der Waals surface area contributed by atoms with Crippen molar-refractivity contribution >= 4 is 17.6 Å². The molecule has 5 rings (SSSR count). The Kier molecular flexibility index (Phi) is 4.30. The molecule has 10 nitrogen and oxygen atoms in total. The number of β-amino-alcohol motifs (C(OH)–C–C–N with tert-alkyl or cyclic N) is 1. The van der Waals surface area contributed by atoms with Crippen LogP contribution in [0.1, 0.15) is 23.2 Å². The fourth-order valence-corrected chi connectivity index (χ4v) is 4.87. The van der Waals surface area contributed by atoms with Crippen molar-refractivity contribution < 1.29 is 14.7 Å². The lowest BCUT2D eigenvalue weighted by Crippen LogP contribution is -2.71. The summed E-state index contributed by atoms with van der Waals surface area (Å²) in [7, 11) is 0. The van der Waals surface area contributed by atoms with Gasteiger partial charge in [-0.1, -0.05) is 6.07 Å². The monoisotopic (exact) mass is 412 g/mol. The minimum absolute atomic E-state index is 0.00518. The van der Waals surface area contributed by atoms with Gasteiger partial charge in [0.2, 0.25) is 0 Å². The molecule has 10 heteroatoms. The Balaban J connectivity index is 1.28. The summed E-state index contributed by atoms with van der Waals surface area (Å²) in [6.07, 6.45) is 4.15. The van der Waals surface area contributed by atoms with E-state index in [1.165, 1.54) is 10.6 Å². The molecule has 3 saturated heterocycles. The topological polar surface area (TPSA) is 119 Å². The summed E-state index contributed by atoms with van der Waals surface area (Å²) in [6, 6.07) is 5.04. The molecule has 1 spiro atoms. The molecule has 0 aliphatic carbocycles. The van der Waals surface area contributed by atoms with Crippen LogP contribution in [0.25, 0.3) is 5.65 Å². The van der Waals surface area contributed by atoms with Crippen LogP contribution in [-0.4, -0.2) is 86.6 Å². The molecular formula is C20H24N6O4. The zero-order valence-electron chi connectivity index (χ0n) is 16.5. The van der Waals surface area contributed by atoms with Crippen molar-refractivity contribution in [1.29, 1.82) is 0 Å². The van der Waals surface area contributed by atoms with Gasteiger partial charge in [0.05, 0.1) is 17.7 Å². The van der Waals surface area contributed by atoms with Crippen molar-refractivity contribution in [3.63, 3.8) is 0 Å². The molecule has 0 saturated carbocycles. The number of likely N-dealkylation sites (tertiary alicyclic amines) is 2. The number of carbonyl (C=O) groups excluding carboxylic acids is 2. The number of aromatic nitrogens is 2. The van der Waals surface area contributed by atoms with Crippen LogP contribution in [0.2, 0.25) is 0 Å². The summed E-state index contributed by atoms with van der Waals surface area (Å²) in [6.45, 7) is 2.99. The van der Waals surface area contributed by atoms with Gasteiger partial charge in [-0.2, -0.15) is 0 Å². The van der Waals surface area contributed by atoms with Crippen LogP contribution in [0.3, 0.4) is 0 Å². The number of carbonyl (C=O) groups is 2. The maximum Gasteiger partial charge on any atom is 0.315 e. The summed E-state index contributed by atoms with van der Waals surface area (Å²) >= 11 is 0. The molecule has 2 aromatic heterocycles. The maximum absolute atomic E-state index is 13.1. The number of amides is 3. The van der Waals surface area contributed by atoms with Gasteiger partial charge in [-0.05, 0) is 25.0 Å². The lowest BCUT2D eigenvalue weighted by molar-refractivity contribution is -0.0723. The van der Waals surface area contributed by atoms with Crippen LogP contribution >= 0.6 is 0 Å². The predicted molar refractivity (Wildman–Crippen MR) is 107 cm³/mol. The van der Waals surface area contributed by atoms with Gasteiger partial charge >= 0.3 is 6.03 Å². The summed E-state index contributed by atoms with van der Waals surface area (Å²) < 4.78 is 1.35. The van der Waals surface area contributed by atoms with E-state index in [0.29, 0.717) is 51.2 Å². The number of hydrogen-bond donors (Lipinski definition) is 3. The number of piperidine rings is 1. The Morgan fingerprint density at radius 1 is 1.23 bits per heavy atom. The fraction of sp³-hybridized carbons (Fsp3) is 0.500. The van der Waals surface area contributed by atoms with Gasteiger partial charge < -0.3 is 20.6 Å². The molecule has 30 heavy (non-hydrogen) atoms. The van der Waals surface area contributed by atoms with Crippen LogP contribution in [0.5, 0.6) is 0 Å². The number of nitrogens with one attached hydrogen (secondary N) is 2. The van der Waals surface area contributed by atoms with E-state index in [1.807, 2.05) is 0 Å². The molecule has 158 valence electrons. The third-order valence-corrected chi connectivity index (χ3v) is 6.22. The molecular weight excluding hydrogens is 388 g/mol. The molecule has 3 fully saturated rings. The highest BCUT2D eigenvalue weighted by molar-refractivity contribution is 5.94. The van der Waals surface area contributed by atoms with E-state index in [2.05, 4.69) is 20.5 Å². The first-order valence-electron chi connectivity index (χ1n) is 10.1. The Morgan fingerprint density at radius 2 is 2.07 bits per heavy atom. The minimum Gasteiger partial charge on any atom is -0.387 e. The number of hydrogen-bond acceptors (Lipinski definition) is 6. The van der Waals surface area contributed by atoms with Crippen molar-refractivity contribution in [1.82, 2.24) is 29.8 Å². The quantitative estimate of drug-likeness (QED) is 0.597. The summed E-state index contributed by atoms with van der Waals surface area (Å²) in [4.78, 5) is 45.1. The average Bonchev–Trinajstić information content (AvgIpc) is 3.09. The number of fused-ring (bicyclic) bond motifs is 1. The lowest BCUT2D eigenvalue weighted by Gasteiger charge is -2.51. The van der Waals surface area contributed by atoms with Crippen LogP contribution in [0, 0.1) is 0 Å². The highest BCUT2D eigenvalue weighted by Crippen LogP contribution is 2.29. The molecule has 0 bridgehead atoms. The Labute approximate surface area is 172 Å². The zero-order valence-corrected chi connectivity index (χ0v) is 16.5. The molecule has 5 heterocycles. The molecule has 1 unspecified atom stereocenters. The van der Waals surface area contributed by atoms with E-state index in [4.69, 9.17) is 0 Å². The van der Waals surface area contributed by atoms with Crippen molar-refractivity contribution in [3.8, 4) is 0 Å². The number of pyridine rings is 1. The van der Waals surface area contributed by atoms with E-state index in [1.54, 1.807) is 29.3 Å². The first kappa shape index (κ1) is 19.0. The molecule has 1 atom stereocenters. The molecule has 3 aliphatic heterocycles. The van der Waals surface area contributed by atoms with E-state index in [-0.39, 0.29) is 23.7 Å². The summed E-state index contributed by atoms with van der Waals surface area (Å²) in [5.41, 5.74) is -1.22. The van der Waals surface area contributed by atoms with Crippen molar-refractivity contribution in [3.05, 3.63) is 46.5 Å². The van der Waals surface area contributed by atoms with E-state index in [0.717, 1.165) is 0 Å². The molecule has 3 aliphatic rings. The third kappa shape index (κ3) is 3.21. The number of rotatable bonds is 3. The van der Waals surface area contributed by atoms with Gasteiger partial charge in [-0.15, -0.1) is 0 Å². The van der Waals surface area contributed by atoms with Crippen molar-refractivity contribution in [2.75, 3.05) is 39.3 Å². The second-order valence-corrected chi connectivity index (χ2v) is 8.69. The lowest BCUT2D eigenvalue weighted by atomic mass is 9.86. The number of aliphatic hydroxyl groups is 1. The number of nitrogens with zero attached hydrogens (tertiary/aromatic N) is 4. The second-order valence-electron chi connectivity index (χ2n) is 8.69. The molecule has 0 aromatic carbocycles. The highest BCUT2D eigenvalue weighted by Gasteiger charge is 2.50.